The third-order valence-electron chi connectivity index (χ3n) is 4.15. The Kier molecular flexibility index (Phi) is 5.44. The lowest BCUT2D eigenvalue weighted by atomic mass is 10.0. The molecule has 0 amide bonds. The maximum absolute atomic E-state index is 12.6. The SMILES string of the molecule is COc1ccc(S(=O)(=O)NCC(C)c2ccccc2)c(C)c1C. The largest absolute Gasteiger partial charge is 0.496 e. The first-order valence-electron chi connectivity index (χ1n) is 7.55. The second-order valence-corrected chi connectivity index (χ2v) is 7.41. The molecule has 1 atom stereocenters. The van der Waals surface area contributed by atoms with E-state index in [0.717, 1.165) is 11.1 Å². The Bertz CT molecular complexity index is 770. The second kappa shape index (κ2) is 7.15. The van der Waals surface area contributed by atoms with Crippen LogP contribution in [0.1, 0.15) is 29.5 Å². The minimum atomic E-state index is -3.55. The molecule has 4 nitrogen and oxygen atoms in total. The van der Waals surface area contributed by atoms with E-state index in [4.69, 9.17) is 4.74 Å². The molecule has 1 N–H and O–H groups in total. The van der Waals surface area contributed by atoms with E-state index in [1.165, 1.54) is 0 Å². The second-order valence-electron chi connectivity index (χ2n) is 5.68. The zero-order valence-corrected chi connectivity index (χ0v) is 14.8. The summed E-state index contributed by atoms with van der Waals surface area (Å²) in [4.78, 5) is 0.302. The van der Waals surface area contributed by atoms with Crippen LogP contribution in [-0.2, 0) is 10.0 Å². The summed E-state index contributed by atoms with van der Waals surface area (Å²) in [5.41, 5.74) is 2.66. The molecule has 5 heteroatoms. The predicted octanol–water partition coefficient (Wildman–Crippen LogP) is 3.39. The average Bonchev–Trinajstić information content (AvgIpc) is 2.55. The monoisotopic (exact) mass is 333 g/mol. The summed E-state index contributed by atoms with van der Waals surface area (Å²) in [7, 11) is -1.97. The molecule has 0 radical (unpaired) electrons. The normalized spacial score (nSPS) is 12.9. The highest BCUT2D eigenvalue weighted by atomic mass is 32.2. The van der Waals surface area contributed by atoms with E-state index in [1.807, 2.05) is 44.2 Å². The smallest absolute Gasteiger partial charge is 0.240 e. The van der Waals surface area contributed by atoms with Gasteiger partial charge in [-0.15, -0.1) is 0 Å². The van der Waals surface area contributed by atoms with E-state index in [1.54, 1.807) is 26.2 Å². The maximum atomic E-state index is 12.6. The van der Waals surface area contributed by atoms with Gasteiger partial charge in [0.1, 0.15) is 5.75 Å². The van der Waals surface area contributed by atoms with Crippen LogP contribution in [0.25, 0.3) is 0 Å². The van der Waals surface area contributed by atoms with Crippen LogP contribution in [0.3, 0.4) is 0 Å². The molecule has 0 aliphatic carbocycles. The number of benzene rings is 2. The van der Waals surface area contributed by atoms with Gasteiger partial charge in [-0.1, -0.05) is 37.3 Å². The number of nitrogens with one attached hydrogen (secondary N) is 1. The van der Waals surface area contributed by atoms with Crippen molar-refractivity contribution in [3.63, 3.8) is 0 Å². The van der Waals surface area contributed by atoms with Crippen molar-refractivity contribution in [1.29, 1.82) is 0 Å². The minimum absolute atomic E-state index is 0.102. The first kappa shape index (κ1) is 17.5. The Labute approximate surface area is 138 Å². The molecule has 2 aromatic rings. The van der Waals surface area contributed by atoms with Gasteiger partial charge < -0.3 is 4.74 Å². The third-order valence-corrected chi connectivity index (χ3v) is 5.71. The number of hydrogen-bond acceptors (Lipinski definition) is 3. The van der Waals surface area contributed by atoms with Crippen LogP contribution in [-0.4, -0.2) is 22.1 Å². The number of sulfonamides is 1. The summed E-state index contributed by atoms with van der Waals surface area (Å²) in [6.45, 7) is 6.02. The van der Waals surface area contributed by atoms with E-state index in [-0.39, 0.29) is 5.92 Å². The van der Waals surface area contributed by atoms with Crippen molar-refractivity contribution in [2.45, 2.75) is 31.6 Å². The van der Waals surface area contributed by atoms with Gasteiger partial charge in [0.15, 0.2) is 0 Å². The van der Waals surface area contributed by atoms with Crippen molar-refractivity contribution in [2.75, 3.05) is 13.7 Å². The number of ether oxygens (including phenoxy) is 1. The lowest BCUT2D eigenvalue weighted by Gasteiger charge is -2.16. The van der Waals surface area contributed by atoms with Crippen LogP contribution in [0.15, 0.2) is 47.4 Å². The lowest BCUT2D eigenvalue weighted by molar-refractivity contribution is 0.410. The molecule has 0 spiro atoms. The molecule has 0 fully saturated rings. The molecule has 0 bridgehead atoms. The van der Waals surface area contributed by atoms with Gasteiger partial charge in [0.05, 0.1) is 12.0 Å². The molecule has 2 rings (SSSR count). The first-order chi connectivity index (χ1) is 10.9. The summed E-state index contributed by atoms with van der Waals surface area (Å²) in [5, 5.41) is 0. The van der Waals surface area contributed by atoms with Crippen molar-refractivity contribution < 1.29 is 13.2 Å². The molecule has 0 aliphatic heterocycles. The van der Waals surface area contributed by atoms with Crippen LogP contribution >= 0.6 is 0 Å². The Morgan fingerprint density at radius 1 is 1.04 bits per heavy atom. The van der Waals surface area contributed by atoms with Gasteiger partial charge in [0.2, 0.25) is 10.0 Å². The molecule has 0 aromatic heterocycles. The lowest BCUT2D eigenvalue weighted by Crippen LogP contribution is -2.28. The zero-order valence-electron chi connectivity index (χ0n) is 14.0. The topological polar surface area (TPSA) is 55.4 Å². The van der Waals surface area contributed by atoms with Crippen molar-refractivity contribution >= 4 is 10.0 Å². The molecule has 0 saturated carbocycles. The highest BCUT2D eigenvalue weighted by Gasteiger charge is 2.20. The molecule has 124 valence electrons. The number of methoxy groups -OCH3 is 1. The summed E-state index contributed by atoms with van der Waals surface area (Å²) in [6, 6.07) is 13.1. The zero-order chi connectivity index (χ0) is 17.0. The standard InChI is InChI=1S/C18H23NO3S/c1-13(16-8-6-5-7-9-16)12-19-23(20,21)18-11-10-17(22-4)14(2)15(18)3/h5-11,13,19H,12H2,1-4H3. The van der Waals surface area contributed by atoms with Crippen LogP contribution in [0.4, 0.5) is 0 Å². The number of hydrogen-bond donors (Lipinski definition) is 1. The van der Waals surface area contributed by atoms with Gasteiger partial charge in [0, 0.05) is 6.54 Å². The van der Waals surface area contributed by atoms with Gasteiger partial charge in [-0.05, 0) is 48.6 Å². The van der Waals surface area contributed by atoms with E-state index in [2.05, 4.69) is 4.72 Å². The van der Waals surface area contributed by atoms with Crippen molar-refractivity contribution in [3.05, 3.63) is 59.2 Å². The summed E-state index contributed by atoms with van der Waals surface area (Å²) in [6.07, 6.45) is 0. The van der Waals surface area contributed by atoms with E-state index >= 15 is 0 Å². The van der Waals surface area contributed by atoms with E-state index in [9.17, 15) is 8.42 Å². The molecule has 1 unspecified atom stereocenters. The molecular weight excluding hydrogens is 310 g/mol. The predicted molar refractivity (Wildman–Crippen MR) is 92.5 cm³/mol. The first-order valence-corrected chi connectivity index (χ1v) is 9.04. The maximum Gasteiger partial charge on any atom is 0.240 e. The highest BCUT2D eigenvalue weighted by Crippen LogP contribution is 2.27. The third kappa shape index (κ3) is 3.92. The average molecular weight is 333 g/mol. The highest BCUT2D eigenvalue weighted by molar-refractivity contribution is 7.89. The molecule has 23 heavy (non-hydrogen) atoms. The fraction of sp³-hybridized carbons (Fsp3) is 0.333. The van der Waals surface area contributed by atoms with E-state index < -0.39 is 10.0 Å². The Balaban J connectivity index is 2.18. The van der Waals surface area contributed by atoms with Crippen molar-refractivity contribution in [2.24, 2.45) is 0 Å². The summed E-state index contributed by atoms with van der Waals surface area (Å²) >= 11 is 0. The quantitative estimate of drug-likeness (QED) is 0.881. The van der Waals surface area contributed by atoms with E-state index in [0.29, 0.717) is 22.8 Å². The van der Waals surface area contributed by atoms with Gasteiger partial charge >= 0.3 is 0 Å². The van der Waals surface area contributed by atoms with Gasteiger partial charge in [-0.3, -0.25) is 0 Å². The fourth-order valence-electron chi connectivity index (χ4n) is 2.50. The Hall–Kier alpha value is -1.85. The Morgan fingerprint density at radius 2 is 1.70 bits per heavy atom. The minimum Gasteiger partial charge on any atom is -0.496 e. The number of rotatable bonds is 6. The molecule has 0 saturated heterocycles. The van der Waals surface area contributed by atoms with Gasteiger partial charge in [0.25, 0.3) is 0 Å². The molecule has 0 heterocycles. The van der Waals surface area contributed by atoms with Gasteiger partial charge in [-0.2, -0.15) is 0 Å². The summed E-state index contributed by atoms with van der Waals surface area (Å²) in [5.74, 6) is 0.796. The van der Waals surface area contributed by atoms with Crippen molar-refractivity contribution in [3.8, 4) is 5.75 Å². The van der Waals surface area contributed by atoms with Crippen LogP contribution in [0.2, 0.25) is 0 Å². The van der Waals surface area contributed by atoms with Crippen molar-refractivity contribution in [1.82, 2.24) is 4.72 Å². The summed E-state index contributed by atoms with van der Waals surface area (Å²) < 4.78 is 33.1. The van der Waals surface area contributed by atoms with Gasteiger partial charge in [-0.25, -0.2) is 13.1 Å². The Morgan fingerprint density at radius 3 is 2.30 bits per heavy atom. The van der Waals surface area contributed by atoms with Crippen LogP contribution in [0.5, 0.6) is 5.75 Å². The van der Waals surface area contributed by atoms with Crippen LogP contribution < -0.4 is 9.46 Å². The fourth-order valence-corrected chi connectivity index (χ4v) is 3.92. The molecular formula is C18H23NO3S. The molecule has 0 aliphatic rings. The van der Waals surface area contributed by atoms with Crippen LogP contribution in [0, 0.1) is 13.8 Å². The molecule has 2 aromatic carbocycles.